The van der Waals surface area contributed by atoms with Gasteiger partial charge in [-0.15, -0.1) is 0 Å². The molecule has 1 unspecified atom stereocenters. The second-order valence-electron chi connectivity index (χ2n) is 5.75. The van der Waals surface area contributed by atoms with Crippen LogP contribution >= 0.6 is 0 Å². The zero-order chi connectivity index (χ0) is 9.97. The molecule has 0 aliphatic heterocycles. The Labute approximate surface area is 85.6 Å². The van der Waals surface area contributed by atoms with Gasteiger partial charge in [-0.3, -0.25) is 4.79 Å². The number of hydrogen-bond donors (Lipinski definition) is 0. The Hall–Kier alpha value is -0.590. The van der Waals surface area contributed by atoms with Gasteiger partial charge in [0.15, 0.2) is 5.78 Å². The van der Waals surface area contributed by atoms with Crippen molar-refractivity contribution in [1.82, 2.24) is 0 Å². The number of carbonyl (C=O) groups is 1. The second-order valence-corrected chi connectivity index (χ2v) is 5.75. The fourth-order valence-electron chi connectivity index (χ4n) is 4.47. The lowest BCUT2D eigenvalue weighted by atomic mass is 9.65. The fourth-order valence-corrected chi connectivity index (χ4v) is 4.47. The third-order valence-corrected chi connectivity index (χ3v) is 5.35. The van der Waals surface area contributed by atoms with Crippen molar-refractivity contribution in [2.75, 3.05) is 0 Å². The number of allylic oxidation sites excluding steroid dienone is 2. The highest BCUT2D eigenvalue weighted by Crippen LogP contribution is 2.68. The van der Waals surface area contributed by atoms with E-state index in [1.807, 2.05) is 6.08 Å². The molecule has 1 spiro atoms. The number of carbonyl (C=O) groups excluding carboxylic acids is 1. The van der Waals surface area contributed by atoms with Crippen LogP contribution in [-0.4, -0.2) is 5.78 Å². The summed E-state index contributed by atoms with van der Waals surface area (Å²) in [6, 6.07) is 0. The first-order valence-electron chi connectivity index (χ1n) is 5.84. The Morgan fingerprint density at radius 1 is 1.36 bits per heavy atom. The van der Waals surface area contributed by atoms with Crippen LogP contribution in [0.1, 0.15) is 39.5 Å². The Morgan fingerprint density at radius 3 is 2.93 bits per heavy atom. The van der Waals surface area contributed by atoms with Gasteiger partial charge in [0.25, 0.3) is 0 Å². The van der Waals surface area contributed by atoms with Crippen LogP contribution in [0.4, 0.5) is 0 Å². The lowest BCUT2D eigenvalue weighted by Crippen LogP contribution is -2.38. The summed E-state index contributed by atoms with van der Waals surface area (Å²) < 4.78 is 0. The van der Waals surface area contributed by atoms with E-state index < -0.39 is 0 Å². The van der Waals surface area contributed by atoms with E-state index in [4.69, 9.17) is 0 Å². The maximum Gasteiger partial charge on any atom is 0.162 e. The highest BCUT2D eigenvalue weighted by Gasteiger charge is 2.65. The lowest BCUT2D eigenvalue weighted by Gasteiger charge is -2.36. The average Bonchev–Trinajstić information content (AvgIpc) is 2.70. The van der Waals surface area contributed by atoms with Gasteiger partial charge in [-0.25, -0.2) is 0 Å². The van der Waals surface area contributed by atoms with Crippen molar-refractivity contribution in [1.29, 1.82) is 0 Å². The van der Waals surface area contributed by atoms with Gasteiger partial charge in [0.2, 0.25) is 0 Å². The van der Waals surface area contributed by atoms with Crippen LogP contribution in [0.15, 0.2) is 12.2 Å². The molecule has 2 fully saturated rings. The van der Waals surface area contributed by atoms with Gasteiger partial charge >= 0.3 is 0 Å². The predicted molar refractivity (Wildman–Crippen MR) is 55.8 cm³/mol. The summed E-state index contributed by atoms with van der Waals surface area (Å²) in [5.41, 5.74) is 0.242. The van der Waals surface area contributed by atoms with Crippen LogP contribution in [0.25, 0.3) is 0 Å². The molecule has 0 aromatic heterocycles. The molecule has 0 amide bonds. The van der Waals surface area contributed by atoms with Crippen molar-refractivity contribution < 1.29 is 4.79 Å². The van der Waals surface area contributed by atoms with E-state index in [0.717, 1.165) is 12.3 Å². The largest absolute Gasteiger partial charge is 0.294 e. The fraction of sp³-hybridized carbons (Fsp3) is 0.769. The summed E-state index contributed by atoms with van der Waals surface area (Å²) in [5.74, 6) is 1.88. The maximum absolute atomic E-state index is 12.1. The summed E-state index contributed by atoms with van der Waals surface area (Å²) >= 11 is 0. The molecule has 14 heavy (non-hydrogen) atoms. The molecule has 3 aliphatic rings. The molecule has 4 atom stereocenters. The van der Waals surface area contributed by atoms with E-state index in [1.165, 1.54) is 19.3 Å². The van der Waals surface area contributed by atoms with Crippen LogP contribution in [0.2, 0.25) is 0 Å². The Balaban J connectivity index is 2.14. The first-order chi connectivity index (χ1) is 6.60. The zero-order valence-corrected chi connectivity index (χ0v) is 9.05. The van der Waals surface area contributed by atoms with Gasteiger partial charge in [0, 0.05) is 5.41 Å². The molecular weight excluding hydrogens is 172 g/mol. The van der Waals surface area contributed by atoms with Crippen molar-refractivity contribution >= 4 is 5.78 Å². The minimum Gasteiger partial charge on any atom is -0.294 e. The molecular formula is C13H18O. The van der Waals surface area contributed by atoms with E-state index in [9.17, 15) is 4.79 Å². The van der Waals surface area contributed by atoms with Crippen LogP contribution in [0.3, 0.4) is 0 Å². The van der Waals surface area contributed by atoms with Crippen molar-refractivity contribution in [3.05, 3.63) is 12.2 Å². The van der Waals surface area contributed by atoms with E-state index in [-0.39, 0.29) is 10.8 Å². The summed E-state index contributed by atoms with van der Waals surface area (Å²) in [6.07, 6.45) is 8.96. The molecule has 0 saturated heterocycles. The van der Waals surface area contributed by atoms with Gasteiger partial charge in [-0.1, -0.05) is 19.9 Å². The van der Waals surface area contributed by atoms with Crippen molar-refractivity contribution in [2.45, 2.75) is 39.5 Å². The van der Waals surface area contributed by atoms with Gasteiger partial charge in [0.1, 0.15) is 0 Å². The van der Waals surface area contributed by atoms with Crippen LogP contribution in [0, 0.1) is 22.7 Å². The smallest absolute Gasteiger partial charge is 0.162 e. The molecule has 0 heterocycles. The molecule has 76 valence electrons. The summed E-state index contributed by atoms with van der Waals surface area (Å²) in [7, 11) is 0. The van der Waals surface area contributed by atoms with Crippen LogP contribution in [0.5, 0.6) is 0 Å². The molecule has 0 radical (unpaired) electrons. The van der Waals surface area contributed by atoms with Crippen LogP contribution in [-0.2, 0) is 4.79 Å². The van der Waals surface area contributed by atoms with E-state index in [2.05, 4.69) is 19.9 Å². The Kier molecular flexibility index (Phi) is 1.44. The summed E-state index contributed by atoms with van der Waals surface area (Å²) in [5, 5.41) is 0. The molecule has 3 aliphatic carbocycles. The first-order valence-corrected chi connectivity index (χ1v) is 5.84. The average molecular weight is 190 g/mol. The number of ketones is 1. The highest BCUT2D eigenvalue weighted by atomic mass is 16.1. The summed E-state index contributed by atoms with van der Waals surface area (Å²) in [6.45, 7) is 4.63. The number of hydrogen-bond acceptors (Lipinski definition) is 1. The third-order valence-electron chi connectivity index (χ3n) is 5.35. The molecule has 0 aromatic rings. The van der Waals surface area contributed by atoms with E-state index in [1.54, 1.807) is 0 Å². The summed E-state index contributed by atoms with van der Waals surface area (Å²) in [4.78, 5) is 12.1. The van der Waals surface area contributed by atoms with Gasteiger partial charge in [-0.05, 0) is 49.0 Å². The zero-order valence-electron chi connectivity index (χ0n) is 9.05. The highest BCUT2D eigenvalue weighted by molar-refractivity contribution is 5.99. The topological polar surface area (TPSA) is 17.1 Å². The quantitative estimate of drug-likeness (QED) is 0.574. The first kappa shape index (κ1) is 8.70. The Bertz CT molecular complexity index is 330. The number of rotatable bonds is 0. The predicted octanol–water partition coefficient (Wildman–Crippen LogP) is 2.96. The van der Waals surface area contributed by atoms with Crippen molar-refractivity contribution in [3.8, 4) is 0 Å². The normalized spacial score (nSPS) is 55.1. The lowest BCUT2D eigenvalue weighted by molar-refractivity contribution is -0.127. The van der Waals surface area contributed by atoms with Crippen molar-refractivity contribution in [2.24, 2.45) is 22.7 Å². The maximum atomic E-state index is 12.1. The Morgan fingerprint density at radius 2 is 2.14 bits per heavy atom. The molecule has 3 rings (SSSR count). The van der Waals surface area contributed by atoms with Gasteiger partial charge < -0.3 is 0 Å². The molecule has 0 N–H and O–H groups in total. The molecule has 0 bridgehead atoms. The molecule has 1 nitrogen and oxygen atoms in total. The molecule has 1 heteroatoms. The minimum atomic E-state index is 0.0341. The second kappa shape index (κ2) is 2.32. The van der Waals surface area contributed by atoms with Gasteiger partial charge in [0.05, 0.1) is 0 Å². The standard InChI is InChI=1S/C13H18O/c1-9-3-8-13-10(9)4-6-12(13,2)7-5-11(13)14/h5,7,9-10H,3-4,6,8H2,1-2H3/t9-,10+,12+,13?/m1/s1. The van der Waals surface area contributed by atoms with E-state index >= 15 is 0 Å². The SMILES string of the molecule is C[C@@H]1CCC23C(=O)C=C[C@]2(C)CC[C@@H]13. The molecule has 0 aromatic carbocycles. The minimum absolute atomic E-state index is 0.0341. The third kappa shape index (κ3) is 0.687. The van der Waals surface area contributed by atoms with Crippen molar-refractivity contribution in [3.63, 3.8) is 0 Å². The van der Waals surface area contributed by atoms with Gasteiger partial charge in [-0.2, -0.15) is 0 Å². The monoisotopic (exact) mass is 190 g/mol. The van der Waals surface area contributed by atoms with Crippen LogP contribution < -0.4 is 0 Å². The van der Waals surface area contributed by atoms with E-state index in [0.29, 0.717) is 11.7 Å². The molecule has 2 saturated carbocycles.